The number of carbonyl (C=O) groups is 2. The molecule has 5 rings (SSSR count). The third kappa shape index (κ3) is 6.83. The Morgan fingerprint density at radius 2 is 1.78 bits per heavy atom. The third-order valence-corrected chi connectivity index (χ3v) is 8.87. The van der Waals surface area contributed by atoms with Gasteiger partial charge in [0.2, 0.25) is 5.75 Å². The molecule has 1 aliphatic rings. The maximum atomic E-state index is 13.5. The van der Waals surface area contributed by atoms with Crippen LogP contribution in [0.15, 0.2) is 76.6 Å². The minimum Gasteiger partial charge on any atom is -0.493 e. The molecule has 0 aliphatic heterocycles. The molecule has 1 heterocycles. The van der Waals surface area contributed by atoms with Crippen LogP contribution in [0.2, 0.25) is 0 Å². The van der Waals surface area contributed by atoms with E-state index in [1.165, 1.54) is 18.0 Å². The van der Waals surface area contributed by atoms with Gasteiger partial charge in [0.15, 0.2) is 16.9 Å². The van der Waals surface area contributed by atoms with Gasteiger partial charge < -0.3 is 24.3 Å². The number of esters is 1. The van der Waals surface area contributed by atoms with E-state index in [4.69, 9.17) is 30.5 Å². The lowest BCUT2D eigenvalue weighted by atomic mass is 9.95. The number of aryl methyl sites for hydroxylation is 1. The monoisotopic (exact) mass is 660 g/mol. The Balaban J connectivity index is 1.42. The average molecular weight is 661 g/mol. The van der Waals surface area contributed by atoms with E-state index < -0.39 is 12.0 Å². The van der Waals surface area contributed by atoms with E-state index >= 15 is 0 Å². The third-order valence-electron chi connectivity index (χ3n) is 7.78. The van der Waals surface area contributed by atoms with Gasteiger partial charge in [-0.1, -0.05) is 18.2 Å². The minimum absolute atomic E-state index is 0.0601. The first kappa shape index (κ1) is 32.8. The van der Waals surface area contributed by atoms with Crippen LogP contribution >= 0.6 is 23.4 Å². The van der Waals surface area contributed by atoms with Crippen molar-refractivity contribution in [3.8, 4) is 28.4 Å². The van der Waals surface area contributed by atoms with Crippen molar-refractivity contribution in [3.63, 3.8) is 0 Å². The molecule has 1 N–H and O–H groups in total. The number of alkyl halides is 1. The molecule has 0 fully saturated rings. The molecule has 3 aromatic carbocycles. The summed E-state index contributed by atoms with van der Waals surface area (Å²) in [5, 5.41) is 3.12. The number of pyridine rings is 1. The van der Waals surface area contributed by atoms with Gasteiger partial charge in [0.1, 0.15) is 6.61 Å². The van der Waals surface area contributed by atoms with Gasteiger partial charge in [0.05, 0.1) is 49.1 Å². The molecule has 11 heteroatoms. The molecule has 0 spiro atoms. The van der Waals surface area contributed by atoms with Crippen LogP contribution in [-0.4, -0.2) is 44.4 Å². The summed E-state index contributed by atoms with van der Waals surface area (Å²) in [6, 6.07) is 16.9. The number of nitrogens with one attached hydrogen (secondary N) is 1. The molecule has 0 saturated heterocycles. The molecule has 9 nitrogen and oxygen atoms in total. The van der Waals surface area contributed by atoms with E-state index in [9.17, 15) is 14.4 Å². The number of halogens is 1. The highest BCUT2D eigenvalue weighted by atomic mass is 35.5. The topological polar surface area (TPSA) is 113 Å². The second-order valence-corrected chi connectivity index (χ2v) is 11.6. The highest BCUT2D eigenvalue weighted by Gasteiger charge is 2.30. The van der Waals surface area contributed by atoms with Crippen LogP contribution in [-0.2, 0) is 23.6 Å². The van der Waals surface area contributed by atoms with Crippen molar-refractivity contribution in [1.82, 2.24) is 10.3 Å². The van der Waals surface area contributed by atoms with Gasteiger partial charge in [-0.2, -0.15) is 0 Å². The second-order valence-electron chi connectivity index (χ2n) is 10.5. The Labute approximate surface area is 276 Å². The molecule has 0 radical (unpaired) electrons. The molecule has 1 atom stereocenters. The van der Waals surface area contributed by atoms with E-state index in [0.717, 1.165) is 22.3 Å². The summed E-state index contributed by atoms with van der Waals surface area (Å²) in [5.41, 5.74) is 5.00. The predicted molar refractivity (Wildman–Crippen MR) is 177 cm³/mol. The molecular weight excluding hydrogens is 628 g/mol. The average Bonchev–Trinajstić information content (AvgIpc) is 3.34. The maximum Gasteiger partial charge on any atom is 0.338 e. The van der Waals surface area contributed by atoms with E-state index in [-0.39, 0.29) is 17.9 Å². The molecule has 238 valence electrons. The van der Waals surface area contributed by atoms with Crippen LogP contribution in [0, 0.1) is 0 Å². The number of rotatable bonds is 10. The largest absolute Gasteiger partial charge is 0.493 e. The lowest BCUT2D eigenvalue weighted by molar-refractivity contribution is 0.0467. The summed E-state index contributed by atoms with van der Waals surface area (Å²) in [5.74, 6) is 0.891. The Bertz CT molecular complexity index is 1830. The summed E-state index contributed by atoms with van der Waals surface area (Å²) < 4.78 is 22.5. The first-order chi connectivity index (χ1) is 22.3. The molecule has 46 heavy (non-hydrogen) atoms. The van der Waals surface area contributed by atoms with E-state index in [0.29, 0.717) is 63.2 Å². The van der Waals surface area contributed by atoms with Crippen LogP contribution in [0.5, 0.6) is 17.2 Å². The minimum atomic E-state index is -0.504. The normalized spacial score (nSPS) is 13.5. The van der Waals surface area contributed by atoms with Crippen molar-refractivity contribution in [2.45, 2.75) is 36.3 Å². The standard InChI is InChI=1S/C35H33ClN2O7S/c1-42-29-15-21-9-12-27(26-16-28(39)30(46-4)13-11-25(26)31(21)33(44-3)32(29)43-2)38-34(40)23-8-10-24(37-18-23)19-45-35(41)22-7-5-6-20(14-22)17-36/h5-8,10-11,13-16,18,27H,9,12,17,19H2,1-4H3,(H,38,40)/t27-/m0/s1. The Morgan fingerprint density at radius 1 is 0.978 bits per heavy atom. The molecule has 0 bridgehead atoms. The maximum absolute atomic E-state index is 13.5. The van der Waals surface area contributed by atoms with Gasteiger partial charge in [-0.3, -0.25) is 14.6 Å². The number of nitrogens with zero attached hydrogens (tertiary/aromatic N) is 1. The van der Waals surface area contributed by atoms with Crippen LogP contribution < -0.4 is 25.0 Å². The number of hydrogen-bond acceptors (Lipinski definition) is 9. The molecule has 0 unspecified atom stereocenters. The van der Waals surface area contributed by atoms with E-state index in [1.807, 2.05) is 24.5 Å². The first-order valence-corrected chi connectivity index (χ1v) is 16.2. The number of thioether (sulfide) groups is 1. The molecular formula is C35H33ClN2O7S. The predicted octanol–water partition coefficient (Wildman–Crippen LogP) is 6.37. The lowest BCUT2D eigenvalue weighted by Crippen LogP contribution is -2.29. The number of aromatic nitrogens is 1. The smallest absolute Gasteiger partial charge is 0.338 e. The summed E-state index contributed by atoms with van der Waals surface area (Å²) in [4.78, 5) is 44.2. The molecule has 1 aliphatic carbocycles. The van der Waals surface area contributed by atoms with Crippen molar-refractivity contribution < 1.29 is 28.5 Å². The Hall–Kier alpha value is -4.54. The first-order valence-electron chi connectivity index (χ1n) is 14.4. The highest BCUT2D eigenvalue weighted by Crippen LogP contribution is 2.50. The van der Waals surface area contributed by atoms with E-state index in [2.05, 4.69) is 10.3 Å². The van der Waals surface area contributed by atoms with Gasteiger partial charge in [0, 0.05) is 17.6 Å². The Kier molecular flexibility index (Phi) is 10.5. The van der Waals surface area contributed by atoms with Gasteiger partial charge in [-0.05, 0) is 83.8 Å². The van der Waals surface area contributed by atoms with Crippen LogP contribution in [0.3, 0.4) is 0 Å². The number of hydrogen-bond donors (Lipinski definition) is 1. The molecule has 0 saturated carbocycles. The van der Waals surface area contributed by atoms with Gasteiger partial charge in [0.25, 0.3) is 5.91 Å². The zero-order chi connectivity index (χ0) is 32.8. The quantitative estimate of drug-likeness (QED) is 0.118. The number of ether oxygens (including phenoxy) is 4. The summed E-state index contributed by atoms with van der Waals surface area (Å²) in [6.45, 7) is -0.0601. The van der Waals surface area contributed by atoms with Crippen molar-refractivity contribution in [2.24, 2.45) is 0 Å². The highest BCUT2D eigenvalue weighted by molar-refractivity contribution is 7.98. The van der Waals surface area contributed by atoms with Crippen molar-refractivity contribution in [2.75, 3.05) is 27.6 Å². The van der Waals surface area contributed by atoms with Crippen molar-refractivity contribution >= 4 is 35.2 Å². The van der Waals surface area contributed by atoms with E-state index in [1.54, 1.807) is 63.8 Å². The Morgan fingerprint density at radius 3 is 2.46 bits per heavy atom. The molecule has 4 aromatic rings. The molecule has 1 amide bonds. The lowest BCUT2D eigenvalue weighted by Gasteiger charge is -2.20. The van der Waals surface area contributed by atoms with Crippen LogP contribution in [0.4, 0.5) is 0 Å². The van der Waals surface area contributed by atoms with Gasteiger partial charge in [-0.15, -0.1) is 23.4 Å². The van der Waals surface area contributed by atoms with Gasteiger partial charge >= 0.3 is 5.97 Å². The fraction of sp³-hybridized carbons (Fsp3) is 0.257. The fourth-order valence-corrected chi connectivity index (χ4v) is 6.14. The summed E-state index contributed by atoms with van der Waals surface area (Å²) in [7, 11) is 4.67. The second kappa shape index (κ2) is 14.7. The van der Waals surface area contributed by atoms with Gasteiger partial charge in [-0.25, -0.2) is 4.79 Å². The number of fused-ring (bicyclic) bond motifs is 3. The van der Waals surface area contributed by atoms with Crippen molar-refractivity contribution in [3.05, 3.63) is 111 Å². The van der Waals surface area contributed by atoms with Crippen LogP contribution in [0.1, 0.15) is 55.6 Å². The number of amides is 1. The van der Waals surface area contributed by atoms with Crippen LogP contribution in [0.25, 0.3) is 11.1 Å². The number of carbonyl (C=O) groups excluding carboxylic acids is 2. The zero-order valence-corrected chi connectivity index (χ0v) is 27.4. The molecule has 1 aromatic heterocycles. The fourth-order valence-electron chi connectivity index (χ4n) is 5.51. The summed E-state index contributed by atoms with van der Waals surface area (Å²) >= 11 is 7.22. The summed E-state index contributed by atoms with van der Waals surface area (Å²) in [6.07, 6.45) is 4.36. The number of benzene rings is 2. The van der Waals surface area contributed by atoms with Crippen molar-refractivity contribution in [1.29, 1.82) is 0 Å². The SMILES string of the molecule is COc1cc2c(c(OC)c1OC)-c1ccc(SC)c(=O)cc1[C@@H](NC(=O)c1ccc(COC(=O)c3cccc(CCl)c3)nc1)CC2. The number of methoxy groups -OCH3 is 3. The zero-order valence-electron chi connectivity index (χ0n) is 25.8.